The normalized spacial score (nSPS) is 17.6. The summed E-state index contributed by atoms with van der Waals surface area (Å²) in [7, 11) is 0. The molecule has 33 heavy (non-hydrogen) atoms. The molecule has 0 saturated heterocycles. The van der Waals surface area contributed by atoms with Crippen LogP contribution in [0.1, 0.15) is 76.8 Å². The molecule has 0 heterocycles. The first-order valence-corrected chi connectivity index (χ1v) is 12.5. The van der Waals surface area contributed by atoms with Crippen molar-refractivity contribution < 1.29 is 8.78 Å². The summed E-state index contributed by atoms with van der Waals surface area (Å²) in [5.74, 6) is -1.53. The van der Waals surface area contributed by atoms with Crippen LogP contribution in [0.2, 0.25) is 0 Å². The molecule has 1 saturated carbocycles. The SMILES string of the molecule is CC(C)N(CCc1ccccc1)C(C)CCC(C#N)(c1ccc(F)c(F)c1)C1CCCCC1. The van der Waals surface area contributed by atoms with E-state index in [1.807, 2.05) is 6.07 Å². The second-order valence-corrected chi connectivity index (χ2v) is 10.0. The van der Waals surface area contributed by atoms with Crippen LogP contribution >= 0.6 is 0 Å². The summed E-state index contributed by atoms with van der Waals surface area (Å²) < 4.78 is 27.9. The summed E-state index contributed by atoms with van der Waals surface area (Å²) in [5, 5.41) is 10.5. The largest absolute Gasteiger partial charge is 0.298 e. The summed E-state index contributed by atoms with van der Waals surface area (Å²) in [4.78, 5) is 2.50. The maximum absolute atomic E-state index is 14.2. The zero-order valence-corrected chi connectivity index (χ0v) is 20.4. The summed E-state index contributed by atoms with van der Waals surface area (Å²) in [6, 6.07) is 17.9. The number of benzene rings is 2. The zero-order valence-electron chi connectivity index (χ0n) is 20.4. The minimum atomic E-state index is -0.859. The minimum absolute atomic E-state index is 0.185. The van der Waals surface area contributed by atoms with E-state index in [1.54, 1.807) is 6.07 Å². The fourth-order valence-electron chi connectivity index (χ4n) is 5.66. The quantitative estimate of drug-likeness (QED) is 0.375. The molecule has 0 spiro atoms. The van der Waals surface area contributed by atoms with E-state index < -0.39 is 17.0 Å². The average molecular weight is 453 g/mol. The topological polar surface area (TPSA) is 27.0 Å². The van der Waals surface area contributed by atoms with E-state index in [4.69, 9.17) is 0 Å². The summed E-state index contributed by atoms with van der Waals surface area (Å²) >= 11 is 0. The third-order valence-electron chi connectivity index (χ3n) is 7.62. The number of nitrogens with zero attached hydrogens (tertiary/aromatic N) is 2. The second kappa shape index (κ2) is 11.7. The van der Waals surface area contributed by atoms with Crippen molar-refractivity contribution >= 4 is 0 Å². The highest BCUT2D eigenvalue weighted by Crippen LogP contribution is 2.45. The first-order chi connectivity index (χ1) is 15.9. The van der Waals surface area contributed by atoms with Crippen LogP contribution in [0.5, 0.6) is 0 Å². The van der Waals surface area contributed by atoms with Crippen molar-refractivity contribution in [2.45, 2.75) is 89.6 Å². The van der Waals surface area contributed by atoms with Crippen LogP contribution in [-0.4, -0.2) is 23.5 Å². The van der Waals surface area contributed by atoms with Gasteiger partial charge in [-0.3, -0.25) is 4.90 Å². The number of hydrogen-bond donors (Lipinski definition) is 0. The summed E-state index contributed by atoms with van der Waals surface area (Å²) in [6.07, 6.45) is 7.83. The van der Waals surface area contributed by atoms with Crippen LogP contribution in [0.3, 0.4) is 0 Å². The molecule has 0 N–H and O–H groups in total. The van der Waals surface area contributed by atoms with E-state index in [1.165, 1.54) is 24.1 Å². The van der Waals surface area contributed by atoms with Crippen LogP contribution in [0.15, 0.2) is 48.5 Å². The molecule has 0 aliphatic heterocycles. The Bertz CT molecular complexity index is 915. The van der Waals surface area contributed by atoms with Gasteiger partial charge in [0.2, 0.25) is 0 Å². The summed E-state index contributed by atoms with van der Waals surface area (Å²) in [5.41, 5.74) is 1.19. The Hall–Kier alpha value is -2.25. The van der Waals surface area contributed by atoms with Gasteiger partial charge in [-0.25, -0.2) is 8.78 Å². The second-order valence-electron chi connectivity index (χ2n) is 10.0. The van der Waals surface area contributed by atoms with Gasteiger partial charge in [0.05, 0.1) is 11.5 Å². The molecule has 1 aliphatic carbocycles. The molecule has 3 rings (SSSR count). The molecule has 0 radical (unpaired) electrons. The fourth-order valence-corrected chi connectivity index (χ4v) is 5.66. The lowest BCUT2D eigenvalue weighted by Gasteiger charge is -2.40. The van der Waals surface area contributed by atoms with Gasteiger partial charge in [0.15, 0.2) is 11.6 Å². The zero-order chi connectivity index (χ0) is 23.8. The first kappa shape index (κ1) is 25.4. The van der Waals surface area contributed by atoms with E-state index in [0.717, 1.165) is 45.1 Å². The van der Waals surface area contributed by atoms with E-state index in [0.29, 0.717) is 18.0 Å². The van der Waals surface area contributed by atoms with Gasteiger partial charge in [0.1, 0.15) is 0 Å². The Morgan fingerprint density at radius 1 is 1.00 bits per heavy atom. The van der Waals surface area contributed by atoms with E-state index in [9.17, 15) is 14.0 Å². The average Bonchev–Trinajstić information content (AvgIpc) is 2.83. The minimum Gasteiger partial charge on any atom is -0.298 e. The molecule has 2 aromatic rings. The molecule has 0 aromatic heterocycles. The predicted molar refractivity (Wildman–Crippen MR) is 131 cm³/mol. The van der Waals surface area contributed by atoms with Crippen molar-refractivity contribution in [1.29, 1.82) is 5.26 Å². The Morgan fingerprint density at radius 2 is 1.70 bits per heavy atom. The Morgan fingerprint density at radius 3 is 2.30 bits per heavy atom. The maximum Gasteiger partial charge on any atom is 0.159 e. The van der Waals surface area contributed by atoms with Gasteiger partial charge in [-0.05, 0) is 82.1 Å². The van der Waals surface area contributed by atoms with Gasteiger partial charge >= 0.3 is 0 Å². The van der Waals surface area contributed by atoms with Crippen molar-refractivity contribution in [2.75, 3.05) is 6.54 Å². The molecule has 1 aliphatic rings. The van der Waals surface area contributed by atoms with Crippen molar-refractivity contribution in [3.8, 4) is 6.07 Å². The van der Waals surface area contributed by atoms with Gasteiger partial charge in [0, 0.05) is 18.6 Å². The van der Waals surface area contributed by atoms with Gasteiger partial charge in [-0.1, -0.05) is 55.7 Å². The van der Waals surface area contributed by atoms with Gasteiger partial charge < -0.3 is 0 Å². The van der Waals surface area contributed by atoms with E-state index in [-0.39, 0.29) is 12.0 Å². The van der Waals surface area contributed by atoms with Crippen LogP contribution in [0.4, 0.5) is 8.78 Å². The molecule has 2 nitrogen and oxygen atoms in total. The Kier molecular flexibility index (Phi) is 9.03. The molecule has 1 fully saturated rings. The van der Waals surface area contributed by atoms with Gasteiger partial charge in [-0.15, -0.1) is 0 Å². The third-order valence-corrected chi connectivity index (χ3v) is 7.62. The van der Waals surface area contributed by atoms with Crippen LogP contribution < -0.4 is 0 Å². The van der Waals surface area contributed by atoms with Crippen molar-refractivity contribution in [3.05, 3.63) is 71.3 Å². The smallest absolute Gasteiger partial charge is 0.159 e. The number of rotatable bonds is 10. The highest BCUT2D eigenvalue weighted by molar-refractivity contribution is 5.35. The Balaban J connectivity index is 1.79. The van der Waals surface area contributed by atoms with Crippen molar-refractivity contribution in [2.24, 2.45) is 5.92 Å². The van der Waals surface area contributed by atoms with E-state index >= 15 is 0 Å². The molecule has 2 aromatic carbocycles. The molecule has 4 heteroatoms. The monoisotopic (exact) mass is 452 g/mol. The lowest BCUT2D eigenvalue weighted by Crippen LogP contribution is -2.42. The first-order valence-electron chi connectivity index (χ1n) is 12.5. The fraction of sp³-hybridized carbons (Fsp3) is 0.552. The lowest BCUT2D eigenvalue weighted by molar-refractivity contribution is 0.142. The van der Waals surface area contributed by atoms with Crippen molar-refractivity contribution in [3.63, 3.8) is 0 Å². The number of halogens is 2. The Labute approximate surface area is 198 Å². The van der Waals surface area contributed by atoms with Crippen LogP contribution in [-0.2, 0) is 11.8 Å². The standard InChI is InChI=1S/C29H38F2N2/c1-22(2)33(19-17-24-10-6-4-7-11-24)23(3)16-18-29(21-32,25-12-8-5-9-13-25)26-14-15-27(30)28(31)20-26/h4,6-7,10-11,14-15,20,22-23,25H,5,8-9,12-13,16-19H2,1-3H3. The van der Waals surface area contributed by atoms with Gasteiger partial charge in [0.25, 0.3) is 0 Å². The summed E-state index contributed by atoms with van der Waals surface area (Å²) in [6.45, 7) is 7.63. The highest BCUT2D eigenvalue weighted by atomic mass is 19.2. The maximum atomic E-state index is 14.2. The number of nitriles is 1. The third kappa shape index (κ3) is 6.21. The highest BCUT2D eigenvalue weighted by Gasteiger charge is 2.42. The molecule has 0 bridgehead atoms. The van der Waals surface area contributed by atoms with Crippen LogP contribution in [0.25, 0.3) is 0 Å². The molecular weight excluding hydrogens is 414 g/mol. The van der Waals surface area contributed by atoms with Crippen molar-refractivity contribution in [1.82, 2.24) is 4.90 Å². The number of hydrogen-bond acceptors (Lipinski definition) is 2. The lowest BCUT2D eigenvalue weighted by atomic mass is 9.63. The molecule has 178 valence electrons. The molecule has 2 unspecified atom stereocenters. The van der Waals surface area contributed by atoms with Gasteiger partial charge in [-0.2, -0.15) is 5.26 Å². The molecule has 0 amide bonds. The predicted octanol–water partition coefficient (Wildman–Crippen LogP) is 7.43. The van der Waals surface area contributed by atoms with Crippen LogP contribution in [0, 0.1) is 28.9 Å². The van der Waals surface area contributed by atoms with E-state index in [2.05, 4.69) is 56.0 Å². The molecular formula is C29H38F2N2. The molecule has 2 atom stereocenters.